The smallest absolute Gasteiger partial charge is 0.312 e. The lowest BCUT2D eigenvalue weighted by Gasteiger charge is -2.61. The summed E-state index contributed by atoms with van der Waals surface area (Å²) in [6, 6.07) is 0. The molecule has 3 aliphatic rings. The first kappa shape index (κ1) is 19.2. The number of hydrogen-bond acceptors (Lipinski definition) is 2. The van der Waals surface area contributed by atoms with Crippen LogP contribution in [0, 0.1) is 40.4 Å². The fourth-order valence-electron chi connectivity index (χ4n) is 7.08. The SMILES string of the molecule is CCCOC(=O)[C@]1(C)CCC[C@@]2(C)C1CCC1CC(C(C)C)CC[C@@H]12. The Labute approximate surface area is 155 Å². The van der Waals surface area contributed by atoms with Crippen molar-refractivity contribution < 1.29 is 9.53 Å². The average Bonchev–Trinajstić information content (AvgIpc) is 2.58. The molecule has 2 heteroatoms. The number of esters is 1. The van der Waals surface area contributed by atoms with E-state index in [1.54, 1.807) is 0 Å². The number of fused-ring (bicyclic) bond motifs is 3. The van der Waals surface area contributed by atoms with Gasteiger partial charge in [-0.3, -0.25) is 4.79 Å². The molecule has 0 spiro atoms. The molecule has 0 radical (unpaired) electrons. The zero-order chi connectivity index (χ0) is 18.2. The fourth-order valence-corrected chi connectivity index (χ4v) is 7.08. The van der Waals surface area contributed by atoms with Crippen molar-refractivity contribution in [2.45, 2.75) is 92.4 Å². The molecule has 3 saturated carbocycles. The molecule has 3 aliphatic carbocycles. The van der Waals surface area contributed by atoms with Crippen LogP contribution in [-0.4, -0.2) is 12.6 Å². The number of ether oxygens (including phenoxy) is 1. The van der Waals surface area contributed by atoms with Gasteiger partial charge in [-0.05, 0) is 93.3 Å². The van der Waals surface area contributed by atoms with Gasteiger partial charge in [0.25, 0.3) is 0 Å². The van der Waals surface area contributed by atoms with Gasteiger partial charge >= 0.3 is 5.97 Å². The predicted octanol–water partition coefficient (Wildman–Crippen LogP) is 6.23. The van der Waals surface area contributed by atoms with Gasteiger partial charge in [-0.15, -0.1) is 0 Å². The number of rotatable bonds is 4. The van der Waals surface area contributed by atoms with Gasteiger partial charge in [0.15, 0.2) is 0 Å². The lowest BCUT2D eigenvalue weighted by Crippen LogP contribution is -2.56. The molecule has 3 fully saturated rings. The second-order valence-corrected chi connectivity index (χ2v) is 10.2. The maximum atomic E-state index is 13.0. The van der Waals surface area contributed by atoms with E-state index in [9.17, 15) is 4.79 Å². The van der Waals surface area contributed by atoms with E-state index in [1.807, 2.05) is 0 Å². The van der Waals surface area contributed by atoms with Crippen LogP contribution in [0.15, 0.2) is 0 Å². The molecular weight excluding hydrogens is 308 g/mol. The van der Waals surface area contributed by atoms with Gasteiger partial charge in [0.05, 0.1) is 12.0 Å². The van der Waals surface area contributed by atoms with E-state index < -0.39 is 0 Å². The fraction of sp³-hybridized carbons (Fsp3) is 0.957. The molecule has 0 N–H and O–H groups in total. The van der Waals surface area contributed by atoms with Crippen molar-refractivity contribution in [1.29, 1.82) is 0 Å². The molecule has 0 aromatic rings. The van der Waals surface area contributed by atoms with Crippen LogP contribution in [0.25, 0.3) is 0 Å². The second kappa shape index (κ2) is 7.24. The molecule has 2 nitrogen and oxygen atoms in total. The van der Waals surface area contributed by atoms with Gasteiger partial charge in [0.2, 0.25) is 0 Å². The molecule has 0 aliphatic heterocycles. The third kappa shape index (κ3) is 3.28. The Bertz CT molecular complexity index is 484. The van der Waals surface area contributed by atoms with Crippen molar-refractivity contribution in [2.24, 2.45) is 40.4 Å². The molecule has 0 aromatic heterocycles. The standard InChI is InChI=1S/C23H40O2/c1-6-14-25-21(24)23(5)13-7-12-22(4)19-10-8-17(16(2)3)15-18(19)9-11-20(22)23/h16-20H,6-15H2,1-5H3/t17?,18?,19-,20?,22+,23+/m0/s1. The monoisotopic (exact) mass is 348 g/mol. The highest BCUT2D eigenvalue weighted by atomic mass is 16.5. The van der Waals surface area contributed by atoms with Gasteiger partial charge in [0, 0.05) is 0 Å². The van der Waals surface area contributed by atoms with Crippen LogP contribution >= 0.6 is 0 Å². The van der Waals surface area contributed by atoms with E-state index in [4.69, 9.17) is 4.74 Å². The molecule has 0 heterocycles. The molecule has 0 aromatic carbocycles. The third-order valence-electron chi connectivity index (χ3n) is 8.52. The van der Waals surface area contributed by atoms with Crippen LogP contribution in [-0.2, 0) is 9.53 Å². The summed E-state index contributed by atoms with van der Waals surface area (Å²) in [4.78, 5) is 13.0. The zero-order valence-electron chi connectivity index (χ0n) is 17.3. The van der Waals surface area contributed by atoms with Crippen molar-refractivity contribution in [3.63, 3.8) is 0 Å². The zero-order valence-corrected chi connectivity index (χ0v) is 17.3. The van der Waals surface area contributed by atoms with E-state index in [-0.39, 0.29) is 11.4 Å². The minimum Gasteiger partial charge on any atom is -0.465 e. The quantitative estimate of drug-likeness (QED) is 0.562. The topological polar surface area (TPSA) is 26.3 Å². The highest BCUT2D eigenvalue weighted by Crippen LogP contribution is 2.64. The lowest BCUT2D eigenvalue weighted by molar-refractivity contribution is -0.179. The summed E-state index contributed by atoms with van der Waals surface area (Å²) in [6.45, 7) is 12.2. The Morgan fingerprint density at radius 3 is 2.56 bits per heavy atom. The first-order valence-corrected chi connectivity index (χ1v) is 11.0. The number of carbonyl (C=O) groups excluding carboxylic acids is 1. The van der Waals surface area contributed by atoms with Gasteiger partial charge in [0.1, 0.15) is 0 Å². The largest absolute Gasteiger partial charge is 0.465 e. The first-order chi connectivity index (χ1) is 11.8. The van der Waals surface area contributed by atoms with Crippen LogP contribution in [0.2, 0.25) is 0 Å². The van der Waals surface area contributed by atoms with E-state index in [2.05, 4.69) is 34.6 Å². The van der Waals surface area contributed by atoms with Crippen LogP contribution in [0.4, 0.5) is 0 Å². The maximum absolute atomic E-state index is 13.0. The number of carbonyl (C=O) groups is 1. The van der Waals surface area contributed by atoms with Crippen molar-refractivity contribution in [2.75, 3.05) is 6.61 Å². The predicted molar refractivity (Wildman–Crippen MR) is 103 cm³/mol. The van der Waals surface area contributed by atoms with E-state index in [1.165, 1.54) is 44.9 Å². The third-order valence-corrected chi connectivity index (χ3v) is 8.52. The summed E-state index contributed by atoms with van der Waals surface area (Å²) in [5, 5.41) is 0. The number of hydrogen-bond donors (Lipinski definition) is 0. The Kier molecular flexibility index (Phi) is 5.57. The average molecular weight is 349 g/mol. The summed E-state index contributed by atoms with van der Waals surface area (Å²) < 4.78 is 5.67. The maximum Gasteiger partial charge on any atom is 0.312 e. The molecule has 3 rings (SSSR count). The minimum absolute atomic E-state index is 0.0968. The van der Waals surface area contributed by atoms with Crippen LogP contribution < -0.4 is 0 Å². The highest BCUT2D eigenvalue weighted by molar-refractivity contribution is 5.77. The van der Waals surface area contributed by atoms with Gasteiger partial charge in [-0.1, -0.05) is 34.1 Å². The van der Waals surface area contributed by atoms with Crippen molar-refractivity contribution >= 4 is 5.97 Å². The first-order valence-electron chi connectivity index (χ1n) is 11.0. The lowest BCUT2D eigenvalue weighted by atomic mass is 9.43. The Hall–Kier alpha value is -0.530. The van der Waals surface area contributed by atoms with Crippen molar-refractivity contribution in [3.05, 3.63) is 0 Å². The summed E-state index contributed by atoms with van der Waals surface area (Å²) in [5.41, 5.74) is 0.102. The van der Waals surface area contributed by atoms with Crippen LogP contribution in [0.3, 0.4) is 0 Å². The Morgan fingerprint density at radius 2 is 1.88 bits per heavy atom. The summed E-state index contributed by atoms with van der Waals surface area (Å²) >= 11 is 0. The molecule has 25 heavy (non-hydrogen) atoms. The highest BCUT2D eigenvalue weighted by Gasteiger charge is 2.59. The van der Waals surface area contributed by atoms with Crippen LogP contribution in [0.1, 0.15) is 92.4 Å². The Morgan fingerprint density at radius 1 is 1.12 bits per heavy atom. The molecule has 6 atom stereocenters. The van der Waals surface area contributed by atoms with Crippen molar-refractivity contribution in [3.8, 4) is 0 Å². The van der Waals surface area contributed by atoms with E-state index in [0.717, 1.165) is 36.5 Å². The molecule has 3 unspecified atom stereocenters. The minimum atomic E-state index is -0.248. The molecular formula is C23H40O2. The van der Waals surface area contributed by atoms with Gasteiger partial charge in [-0.2, -0.15) is 0 Å². The van der Waals surface area contributed by atoms with Gasteiger partial charge < -0.3 is 4.74 Å². The van der Waals surface area contributed by atoms with Crippen molar-refractivity contribution in [1.82, 2.24) is 0 Å². The van der Waals surface area contributed by atoms with Gasteiger partial charge in [-0.25, -0.2) is 0 Å². The summed E-state index contributed by atoms with van der Waals surface area (Å²) in [6.07, 6.45) is 11.3. The van der Waals surface area contributed by atoms with E-state index in [0.29, 0.717) is 17.9 Å². The summed E-state index contributed by atoms with van der Waals surface area (Å²) in [7, 11) is 0. The Balaban J connectivity index is 1.80. The second-order valence-electron chi connectivity index (χ2n) is 10.2. The molecule has 0 amide bonds. The normalized spacial score (nSPS) is 44.1. The summed E-state index contributed by atoms with van der Waals surface area (Å²) in [5.74, 6) is 4.10. The molecule has 144 valence electrons. The molecule has 0 saturated heterocycles. The van der Waals surface area contributed by atoms with E-state index >= 15 is 0 Å². The van der Waals surface area contributed by atoms with Crippen LogP contribution in [0.5, 0.6) is 0 Å². The molecule has 0 bridgehead atoms.